The normalized spacial score (nSPS) is 18.5. The number of hydrazone groups is 1. The van der Waals surface area contributed by atoms with Crippen LogP contribution in [-0.4, -0.2) is 16.9 Å². The lowest BCUT2D eigenvalue weighted by Crippen LogP contribution is -2.32. The Morgan fingerprint density at radius 3 is 2.86 bits per heavy atom. The molecule has 0 aliphatic carbocycles. The van der Waals surface area contributed by atoms with E-state index < -0.39 is 5.63 Å². The minimum Gasteiger partial charge on any atom is -0.483 e. The van der Waals surface area contributed by atoms with Crippen LogP contribution < -0.4 is 21.5 Å². The summed E-state index contributed by atoms with van der Waals surface area (Å²) in [4.78, 5) is 11.3. The van der Waals surface area contributed by atoms with E-state index in [1.165, 1.54) is 6.07 Å². The molecule has 114 valence electrons. The van der Waals surface area contributed by atoms with Gasteiger partial charge >= 0.3 is 5.63 Å². The second kappa shape index (κ2) is 5.42. The molecule has 0 saturated heterocycles. The zero-order chi connectivity index (χ0) is 15.9. The maximum Gasteiger partial charge on any atom is 0.336 e. The topological polar surface area (TPSA) is 89.8 Å². The Kier molecular flexibility index (Phi) is 3.58. The van der Waals surface area contributed by atoms with Crippen LogP contribution in [0.25, 0.3) is 11.0 Å². The third-order valence-electron chi connectivity index (χ3n) is 3.41. The average molecular weight is 317 g/mol. The van der Waals surface area contributed by atoms with E-state index in [0.29, 0.717) is 11.3 Å². The summed E-state index contributed by atoms with van der Waals surface area (Å²) in [6.07, 6.45) is -0.222. The van der Waals surface area contributed by atoms with Crippen molar-refractivity contribution in [1.29, 1.82) is 0 Å². The van der Waals surface area contributed by atoms with Crippen LogP contribution >= 0.6 is 12.2 Å². The molecule has 6 nitrogen and oxygen atoms in total. The van der Waals surface area contributed by atoms with Crippen molar-refractivity contribution in [3.8, 4) is 5.75 Å². The molecule has 1 aromatic heterocycles. The number of benzene rings is 1. The molecule has 0 bridgehead atoms. The van der Waals surface area contributed by atoms with Crippen LogP contribution in [0.3, 0.4) is 0 Å². The van der Waals surface area contributed by atoms with E-state index in [9.17, 15) is 4.79 Å². The van der Waals surface area contributed by atoms with Gasteiger partial charge in [0.1, 0.15) is 23.1 Å². The van der Waals surface area contributed by atoms with Gasteiger partial charge in [-0.2, -0.15) is 5.10 Å². The van der Waals surface area contributed by atoms with Gasteiger partial charge in [-0.1, -0.05) is 13.8 Å². The zero-order valence-electron chi connectivity index (χ0n) is 12.1. The molecule has 1 unspecified atom stereocenters. The van der Waals surface area contributed by atoms with Gasteiger partial charge in [0.2, 0.25) is 0 Å². The fourth-order valence-corrected chi connectivity index (χ4v) is 2.48. The van der Waals surface area contributed by atoms with Crippen molar-refractivity contribution in [3.63, 3.8) is 0 Å². The van der Waals surface area contributed by atoms with Crippen LogP contribution in [0.5, 0.6) is 5.75 Å². The standard InChI is InChI=1S/C15H15N3O3S/c1-7(2)14-13(17-18-15(16)22)9-5-8-3-4-12(19)20-10(8)6-11(9)21-14/h3-7,14H,1-2H3,(H3,16,18,22)/b17-13+. The summed E-state index contributed by atoms with van der Waals surface area (Å²) in [5.74, 6) is 0.832. The fourth-order valence-electron chi connectivity index (χ4n) is 2.43. The first kappa shape index (κ1) is 14.5. The third-order valence-corrected chi connectivity index (χ3v) is 3.50. The Balaban J connectivity index is 2.15. The van der Waals surface area contributed by atoms with Crippen molar-refractivity contribution in [2.45, 2.75) is 20.0 Å². The first-order chi connectivity index (χ1) is 10.5. The van der Waals surface area contributed by atoms with E-state index in [2.05, 4.69) is 10.5 Å². The minimum atomic E-state index is -0.394. The second-order valence-electron chi connectivity index (χ2n) is 5.40. The Bertz CT molecular complexity index is 842. The van der Waals surface area contributed by atoms with Crippen molar-refractivity contribution in [3.05, 3.63) is 40.2 Å². The molecule has 0 spiro atoms. The highest BCUT2D eigenvalue weighted by Gasteiger charge is 2.33. The minimum absolute atomic E-state index is 0.0928. The van der Waals surface area contributed by atoms with Crippen molar-refractivity contribution >= 4 is 34.0 Å². The van der Waals surface area contributed by atoms with Crippen molar-refractivity contribution in [2.75, 3.05) is 0 Å². The molecular weight excluding hydrogens is 302 g/mol. The number of thiocarbonyl (C=S) groups is 1. The quantitative estimate of drug-likeness (QED) is 0.498. The van der Waals surface area contributed by atoms with Crippen LogP contribution in [0.15, 0.2) is 38.6 Å². The summed E-state index contributed by atoms with van der Waals surface area (Å²) < 4.78 is 11.1. The molecule has 0 fully saturated rings. The van der Waals surface area contributed by atoms with Crippen LogP contribution in [0, 0.1) is 5.92 Å². The number of hydrogen-bond donors (Lipinski definition) is 2. The Morgan fingerprint density at radius 2 is 2.18 bits per heavy atom. The lowest BCUT2D eigenvalue weighted by atomic mass is 9.98. The van der Waals surface area contributed by atoms with Gasteiger partial charge in [-0.25, -0.2) is 4.79 Å². The molecule has 0 saturated carbocycles. The molecule has 0 amide bonds. The van der Waals surface area contributed by atoms with Gasteiger partial charge < -0.3 is 14.9 Å². The highest BCUT2D eigenvalue weighted by atomic mass is 32.1. The Labute approximate surface area is 131 Å². The summed E-state index contributed by atoms with van der Waals surface area (Å²) >= 11 is 4.79. The maximum absolute atomic E-state index is 11.3. The van der Waals surface area contributed by atoms with E-state index in [-0.39, 0.29) is 17.1 Å². The zero-order valence-corrected chi connectivity index (χ0v) is 12.9. The number of nitrogens with zero attached hydrogens (tertiary/aromatic N) is 1. The number of hydrogen-bond acceptors (Lipinski definition) is 5. The molecule has 1 aromatic carbocycles. The smallest absolute Gasteiger partial charge is 0.336 e. The van der Waals surface area contributed by atoms with E-state index in [1.807, 2.05) is 19.9 Å². The molecule has 2 aromatic rings. The van der Waals surface area contributed by atoms with E-state index in [1.54, 1.807) is 12.1 Å². The summed E-state index contributed by atoms with van der Waals surface area (Å²) in [6, 6.07) is 6.69. The SMILES string of the molecule is CC(C)C1Oc2cc3oc(=O)ccc3cc2/C1=N\NC(N)=S. The van der Waals surface area contributed by atoms with Gasteiger partial charge in [0.15, 0.2) is 5.11 Å². The van der Waals surface area contributed by atoms with Crippen LogP contribution in [0.1, 0.15) is 19.4 Å². The Hall–Kier alpha value is -2.41. The maximum atomic E-state index is 11.3. The largest absolute Gasteiger partial charge is 0.483 e. The van der Waals surface area contributed by atoms with Gasteiger partial charge in [-0.15, -0.1) is 0 Å². The first-order valence-electron chi connectivity index (χ1n) is 6.83. The van der Waals surface area contributed by atoms with Gasteiger partial charge in [-0.05, 0) is 30.3 Å². The highest BCUT2D eigenvalue weighted by molar-refractivity contribution is 7.80. The van der Waals surface area contributed by atoms with Gasteiger partial charge in [-0.3, -0.25) is 5.43 Å². The molecule has 0 radical (unpaired) electrons. The Morgan fingerprint density at radius 1 is 1.41 bits per heavy atom. The molecule has 2 heterocycles. The number of fused-ring (bicyclic) bond motifs is 2. The molecule has 1 atom stereocenters. The lowest BCUT2D eigenvalue weighted by molar-refractivity contribution is 0.229. The summed E-state index contributed by atoms with van der Waals surface area (Å²) in [5.41, 5.74) is 9.71. The van der Waals surface area contributed by atoms with Crippen molar-refractivity contribution in [1.82, 2.24) is 5.43 Å². The molecular formula is C15H15N3O3S. The van der Waals surface area contributed by atoms with Crippen molar-refractivity contribution in [2.24, 2.45) is 16.8 Å². The van der Waals surface area contributed by atoms with Gasteiger partial charge in [0, 0.05) is 23.1 Å². The predicted octanol–water partition coefficient (Wildman–Crippen LogP) is 1.75. The van der Waals surface area contributed by atoms with E-state index >= 15 is 0 Å². The van der Waals surface area contributed by atoms with Gasteiger partial charge in [0.25, 0.3) is 0 Å². The molecule has 3 rings (SSSR count). The molecule has 22 heavy (non-hydrogen) atoms. The molecule has 7 heteroatoms. The summed E-state index contributed by atoms with van der Waals surface area (Å²) in [7, 11) is 0. The van der Waals surface area contributed by atoms with Gasteiger partial charge in [0.05, 0.1) is 0 Å². The molecule has 3 N–H and O–H groups in total. The van der Waals surface area contributed by atoms with E-state index in [4.69, 9.17) is 27.1 Å². The van der Waals surface area contributed by atoms with Crippen LogP contribution in [0.2, 0.25) is 0 Å². The second-order valence-corrected chi connectivity index (χ2v) is 5.84. The highest BCUT2D eigenvalue weighted by Crippen LogP contribution is 2.35. The average Bonchev–Trinajstić information content (AvgIpc) is 2.80. The van der Waals surface area contributed by atoms with Crippen molar-refractivity contribution < 1.29 is 9.15 Å². The van der Waals surface area contributed by atoms with Crippen LogP contribution in [-0.2, 0) is 0 Å². The number of rotatable bonds is 2. The first-order valence-corrected chi connectivity index (χ1v) is 7.24. The molecule has 1 aliphatic heterocycles. The lowest BCUT2D eigenvalue weighted by Gasteiger charge is -2.15. The number of ether oxygens (including phenoxy) is 1. The summed E-state index contributed by atoms with van der Waals surface area (Å²) in [5, 5.41) is 5.17. The monoisotopic (exact) mass is 317 g/mol. The summed E-state index contributed by atoms with van der Waals surface area (Å²) in [6.45, 7) is 4.07. The van der Waals surface area contributed by atoms with E-state index in [0.717, 1.165) is 16.7 Å². The third kappa shape index (κ3) is 2.55. The van der Waals surface area contributed by atoms with Crippen LogP contribution in [0.4, 0.5) is 0 Å². The number of nitrogens with two attached hydrogens (primary N) is 1. The fraction of sp³-hybridized carbons (Fsp3) is 0.267. The molecule has 1 aliphatic rings. The predicted molar refractivity (Wildman–Crippen MR) is 88.2 cm³/mol. The number of nitrogens with one attached hydrogen (secondary N) is 1.